The Labute approximate surface area is 173 Å². The number of anilines is 1. The van der Waals surface area contributed by atoms with Crippen LogP contribution in [0.5, 0.6) is 0 Å². The lowest BCUT2D eigenvalue weighted by Crippen LogP contribution is -2.18. The fraction of sp³-hybridized carbons (Fsp3) is 0.158. The summed E-state index contributed by atoms with van der Waals surface area (Å²) in [6, 6.07) is 4.59. The molecule has 1 heterocycles. The third-order valence-electron chi connectivity index (χ3n) is 4.07. The molecule has 0 atom stereocenters. The highest BCUT2D eigenvalue weighted by molar-refractivity contribution is 7.15. The third-order valence-corrected chi connectivity index (χ3v) is 4.98. The molecule has 31 heavy (non-hydrogen) atoms. The lowest BCUT2D eigenvalue weighted by Gasteiger charge is -2.08. The van der Waals surface area contributed by atoms with Crippen LogP contribution in [0.4, 0.5) is 40.3 Å². The first-order chi connectivity index (χ1) is 14.5. The Morgan fingerprint density at radius 2 is 1.58 bits per heavy atom. The van der Waals surface area contributed by atoms with E-state index in [1.54, 1.807) is 0 Å². The van der Waals surface area contributed by atoms with Crippen molar-refractivity contribution in [2.24, 2.45) is 0 Å². The van der Waals surface area contributed by atoms with Crippen molar-refractivity contribution in [1.29, 1.82) is 0 Å². The number of benzene rings is 2. The first-order valence-electron chi connectivity index (χ1n) is 8.38. The summed E-state index contributed by atoms with van der Waals surface area (Å²) in [6.45, 7) is 0. The molecule has 3 nitrogen and oxygen atoms in total. The minimum Gasteiger partial charge on any atom is -0.302 e. The van der Waals surface area contributed by atoms with Crippen LogP contribution in [0.25, 0.3) is 0 Å². The highest BCUT2D eigenvalue weighted by Crippen LogP contribution is 2.31. The fourth-order valence-electron chi connectivity index (χ4n) is 2.64. The van der Waals surface area contributed by atoms with E-state index in [0.717, 1.165) is 23.5 Å². The van der Waals surface area contributed by atoms with E-state index < -0.39 is 58.7 Å². The summed E-state index contributed by atoms with van der Waals surface area (Å²) in [5.74, 6) is -12.0. The van der Waals surface area contributed by atoms with Crippen LogP contribution in [0.2, 0.25) is 0 Å². The normalized spacial score (nSPS) is 11.6. The number of alkyl halides is 3. The summed E-state index contributed by atoms with van der Waals surface area (Å²) >= 11 is 0.877. The lowest BCUT2D eigenvalue weighted by atomic mass is 10.1. The van der Waals surface area contributed by atoms with Gasteiger partial charge in [-0.15, -0.1) is 11.3 Å². The summed E-state index contributed by atoms with van der Waals surface area (Å²) in [7, 11) is 0. The van der Waals surface area contributed by atoms with Gasteiger partial charge in [-0.3, -0.25) is 4.79 Å². The molecule has 0 saturated heterocycles. The van der Waals surface area contributed by atoms with Crippen molar-refractivity contribution < 1.29 is 39.9 Å². The van der Waals surface area contributed by atoms with Gasteiger partial charge >= 0.3 is 6.18 Å². The van der Waals surface area contributed by atoms with Crippen LogP contribution in [-0.4, -0.2) is 10.9 Å². The zero-order valence-corrected chi connectivity index (χ0v) is 15.9. The number of halogens is 8. The Morgan fingerprint density at radius 3 is 2.19 bits per heavy atom. The summed E-state index contributed by atoms with van der Waals surface area (Å²) in [6.07, 6.45) is -4.31. The van der Waals surface area contributed by atoms with E-state index in [-0.39, 0.29) is 11.6 Å². The van der Waals surface area contributed by atoms with E-state index >= 15 is 0 Å². The molecule has 1 N–H and O–H groups in total. The molecule has 0 aliphatic heterocycles. The van der Waals surface area contributed by atoms with Crippen molar-refractivity contribution in [3.05, 3.63) is 81.1 Å². The monoisotopic (exact) mass is 466 g/mol. The van der Waals surface area contributed by atoms with Gasteiger partial charge in [0.2, 0.25) is 11.7 Å². The van der Waals surface area contributed by atoms with E-state index in [4.69, 9.17) is 0 Å². The molecule has 0 fully saturated rings. The Bertz CT molecular complexity index is 1110. The van der Waals surface area contributed by atoms with Gasteiger partial charge < -0.3 is 5.32 Å². The number of aromatic nitrogens is 1. The van der Waals surface area contributed by atoms with Crippen LogP contribution in [-0.2, 0) is 23.8 Å². The standard InChI is InChI=1S/C19H10F8N2OS/c20-13-11(14(21)16(23)17(24)15(13)22)6-12(30)29-18-28-7-10(31-18)5-8-2-1-3-9(4-8)19(25,26)27/h1-4,7H,5-6H2,(H,28,29,30). The highest BCUT2D eigenvalue weighted by Gasteiger charge is 2.30. The minimum atomic E-state index is -4.51. The van der Waals surface area contributed by atoms with E-state index in [1.807, 2.05) is 0 Å². The van der Waals surface area contributed by atoms with Crippen molar-refractivity contribution >= 4 is 22.4 Å². The van der Waals surface area contributed by atoms with E-state index in [9.17, 15) is 39.9 Å². The average molecular weight is 466 g/mol. The van der Waals surface area contributed by atoms with Crippen LogP contribution in [0.3, 0.4) is 0 Å². The number of amides is 1. The maximum absolute atomic E-state index is 13.7. The smallest absolute Gasteiger partial charge is 0.302 e. The van der Waals surface area contributed by atoms with Gasteiger partial charge in [0, 0.05) is 23.1 Å². The number of thiazole rings is 1. The first kappa shape index (κ1) is 22.7. The number of carbonyl (C=O) groups is 1. The Hall–Kier alpha value is -3.02. The van der Waals surface area contributed by atoms with Crippen molar-refractivity contribution in [3.63, 3.8) is 0 Å². The number of hydrogen-bond acceptors (Lipinski definition) is 3. The van der Waals surface area contributed by atoms with Crippen LogP contribution >= 0.6 is 11.3 Å². The molecule has 0 spiro atoms. The molecule has 3 aromatic rings. The largest absolute Gasteiger partial charge is 0.416 e. The number of carbonyl (C=O) groups excluding carboxylic acids is 1. The first-order valence-corrected chi connectivity index (χ1v) is 9.20. The molecule has 1 amide bonds. The predicted molar refractivity (Wildman–Crippen MR) is 94.9 cm³/mol. The van der Waals surface area contributed by atoms with Crippen molar-refractivity contribution in [1.82, 2.24) is 4.98 Å². The van der Waals surface area contributed by atoms with Gasteiger partial charge in [-0.1, -0.05) is 18.2 Å². The molecule has 2 aromatic carbocycles. The summed E-state index contributed by atoms with van der Waals surface area (Å²) in [5.41, 5.74) is -1.79. The molecule has 0 aliphatic carbocycles. The molecule has 3 rings (SSSR count). The molecule has 0 aliphatic rings. The molecule has 0 saturated carbocycles. The van der Waals surface area contributed by atoms with Crippen molar-refractivity contribution in [2.45, 2.75) is 19.0 Å². The zero-order valence-electron chi connectivity index (χ0n) is 15.1. The zero-order chi connectivity index (χ0) is 22.9. The second-order valence-electron chi connectivity index (χ2n) is 6.28. The maximum Gasteiger partial charge on any atom is 0.416 e. The minimum absolute atomic E-state index is 0.0594. The number of rotatable bonds is 5. The lowest BCUT2D eigenvalue weighted by molar-refractivity contribution is -0.137. The Balaban J connectivity index is 1.70. The number of nitrogens with zero attached hydrogens (tertiary/aromatic N) is 1. The summed E-state index contributed by atoms with van der Waals surface area (Å²) in [4.78, 5) is 16.3. The Kier molecular flexibility index (Phi) is 6.30. The molecule has 12 heteroatoms. The van der Waals surface area contributed by atoms with Crippen LogP contribution in [0.1, 0.15) is 21.6 Å². The van der Waals surface area contributed by atoms with Crippen molar-refractivity contribution in [2.75, 3.05) is 5.32 Å². The van der Waals surface area contributed by atoms with Gasteiger partial charge in [0.05, 0.1) is 12.0 Å². The average Bonchev–Trinajstić information content (AvgIpc) is 3.14. The van der Waals surface area contributed by atoms with Gasteiger partial charge in [0.15, 0.2) is 28.4 Å². The molecular formula is C19H10F8N2OS. The molecule has 0 unspecified atom stereocenters. The van der Waals surface area contributed by atoms with E-state index in [2.05, 4.69) is 10.3 Å². The summed E-state index contributed by atoms with van der Waals surface area (Å²) < 4.78 is 105. The molecule has 0 radical (unpaired) electrons. The number of hydrogen-bond donors (Lipinski definition) is 1. The second kappa shape index (κ2) is 8.61. The topological polar surface area (TPSA) is 42.0 Å². The SMILES string of the molecule is O=C(Cc1c(F)c(F)c(F)c(F)c1F)Nc1ncc(Cc2cccc(C(F)(F)F)c2)s1. The van der Waals surface area contributed by atoms with E-state index in [1.165, 1.54) is 18.3 Å². The molecule has 164 valence electrons. The molecule has 1 aromatic heterocycles. The van der Waals surface area contributed by atoms with Gasteiger partial charge in [-0.25, -0.2) is 26.9 Å². The van der Waals surface area contributed by atoms with Crippen LogP contribution < -0.4 is 5.32 Å². The Morgan fingerprint density at radius 1 is 0.968 bits per heavy atom. The highest BCUT2D eigenvalue weighted by atomic mass is 32.1. The van der Waals surface area contributed by atoms with Gasteiger partial charge in [0.25, 0.3) is 0 Å². The van der Waals surface area contributed by atoms with Crippen LogP contribution in [0.15, 0.2) is 30.5 Å². The quantitative estimate of drug-likeness (QED) is 0.301. The maximum atomic E-state index is 13.7. The third kappa shape index (κ3) is 5.01. The van der Waals surface area contributed by atoms with Crippen LogP contribution in [0, 0.1) is 29.1 Å². The fourth-order valence-corrected chi connectivity index (χ4v) is 3.50. The molecule has 0 bridgehead atoms. The van der Waals surface area contributed by atoms with Gasteiger partial charge in [0.1, 0.15) is 0 Å². The number of nitrogens with one attached hydrogen (secondary N) is 1. The predicted octanol–water partition coefficient (Wildman–Crippen LogP) is 5.63. The summed E-state index contributed by atoms with van der Waals surface area (Å²) in [5, 5.41) is 2.10. The molecular weight excluding hydrogens is 456 g/mol. The second-order valence-corrected chi connectivity index (χ2v) is 7.40. The van der Waals surface area contributed by atoms with Crippen molar-refractivity contribution in [3.8, 4) is 0 Å². The van der Waals surface area contributed by atoms with Gasteiger partial charge in [-0.2, -0.15) is 13.2 Å². The van der Waals surface area contributed by atoms with Gasteiger partial charge in [-0.05, 0) is 11.6 Å². The van der Waals surface area contributed by atoms with E-state index in [0.29, 0.717) is 10.4 Å².